The molecular weight excluding hydrogens is 292 g/mol. The number of nitrogens with zero attached hydrogens (tertiary/aromatic N) is 1. The van der Waals surface area contributed by atoms with Crippen LogP contribution in [0.2, 0.25) is 5.02 Å². The highest BCUT2D eigenvalue weighted by atomic mass is 35.5. The second kappa shape index (κ2) is 6.41. The molecule has 0 amide bonds. The normalized spacial score (nSPS) is 25.5. The smallest absolute Gasteiger partial charge is 0.0406 e. The summed E-state index contributed by atoms with van der Waals surface area (Å²) >= 11 is 6.03. The highest BCUT2D eigenvalue weighted by Gasteiger charge is 2.43. The molecule has 0 spiro atoms. The van der Waals surface area contributed by atoms with Crippen molar-refractivity contribution in [3.63, 3.8) is 0 Å². The lowest BCUT2D eigenvalue weighted by atomic mass is 9.74. The number of hydrogen-bond acceptors (Lipinski definition) is 2. The Kier molecular flexibility index (Phi) is 4.53. The summed E-state index contributed by atoms with van der Waals surface area (Å²) in [6.07, 6.45) is 0. The lowest BCUT2D eigenvalue weighted by molar-refractivity contribution is 0.309. The SMILES string of the molecule is C[C@@]1(c2ccc(Cl)cc2)CN(Cc2ccccc2)C[C@@H]1CN. The molecule has 1 aliphatic heterocycles. The van der Waals surface area contributed by atoms with Crippen LogP contribution in [0.4, 0.5) is 0 Å². The third kappa shape index (κ3) is 3.05. The van der Waals surface area contributed by atoms with Gasteiger partial charge in [0.15, 0.2) is 0 Å². The first-order chi connectivity index (χ1) is 10.6. The standard InChI is InChI=1S/C19H23ClN2/c1-19(16-7-9-18(20)10-8-16)14-22(13-17(19)11-21)12-15-5-3-2-4-6-15/h2-10,17H,11-14,21H2,1H3/t17-,19-/m0/s1. The summed E-state index contributed by atoms with van der Waals surface area (Å²) in [6, 6.07) is 18.9. The zero-order valence-electron chi connectivity index (χ0n) is 13.0. The Morgan fingerprint density at radius 2 is 1.82 bits per heavy atom. The molecule has 2 aromatic rings. The third-order valence-corrected chi connectivity index (χ3v) is 5.22. The molecule has 1 heterocycles. The van der Waals surface area contributed by atoms with Crippen molar-refractivity contribution in [1.82, 2.24) is 4.90 Å². The maximum atomic E-state index is 6.08. The molecule has 0 bridgehead atoms. The van der Waals surface area contributed by atoms with Gasteiger partial charge in [0.25, 0.3) is 0 Å². The van der Waals surface area contributed by atoms with Gasteiger partial charge in [-0.3, -0.25) is 4.90 Å². The van der Waals surface area contributed by atoms with Crippen molar-refractivity contribution in [2.24, 2.45) is 11.7 Å². The Morgan fingerprint density at radius 1 is 1.14 bits per heavy atom. The van der Waals surface area contributed by atoms with Gasteiger partial charge in [-0.05, 0) is 35.7 Å². The number of likely N-dealkylation sites (tertiary alicyclic amines) is 1. The molecule has 0 radical (unpaired) electrons. The lowest BCUT2D eigenvalue weighted by Gasteiger charge is -2.30. The van der Waals surface area contributed by atoms with E-state index in [1.165, 1.54) is 11.1 Å². The predicted octanol–water partition coefficient (Wildman–Crippen LogP) is 3.69. The Hall–Kier alpha value is -1.35. The molecule has 2 N–H and O–H groups in total. The van der Waals surface area contributed by atoms with Crippen LogP contribution in [-0.2, 0) is 12.0 Å². The minimum absolute atomic E-state index is 0.0914. The van der Waals surface area contributed by atoms with Crippen LogP contribution in [0, 0.1) is 5.92 Å². The van der Waals surface area contributed by atoms with Gasteiger partial charge >= 0.3 is 0 Å². The molecule has 2 atom stereocenters. The molecule has 116 valence electrons. The number of nitrogens with two attached hydrogens (primary N) is 1. The van der Waals surface area contributed by atoms with Gasteiger partial charge in [0, 0.05) is 30.1 Å². The molecule has 1 saturated heterocycles. The topological polar surface area (TPSA) is 29.3 Å². The summed E-state index contributed by atoms with van der Waals surface area (Å²) in [5, 5.41) is 0.788. The fourth-order valence-corrected chi connectivity index (χ4v) is 3.75. The maximum absolute atomic E-state index is 6.08. The molecule has 2 aromatic carbocycles. The average molecular weight is 315 g/mol. The van der Waals surface area contributed by atoms with E-state index in [-0.39, 0.29) is 5.41 Å². The highest BCUT2D eigenvalue weighted by molar-refractivity contribution is 6.30. The van der Waals surface area contributed by atoms with Gasteiger partial charge in [0.1, 0.15) is 0 Å². The number of hydrogen-bond donors (Lipinski definition) is 1. The van der Waals surface area contributed by atoms with Crippen LogP contribution in [-0.4, -0.2) is 24.5 Å². The summed E-state index contributed by atoms with van der Waals surface area (Å²) in [5.74, 6) is 0.470. The first kappa shape index (κ1) is 15.5. The van der Waals surface area contributed by atoms with Gasteiger partial charge in [0.2, 0.25) is 0 Å². The predicted molar refractivity (Wildman–Crippen MR) is 93.1 cm³/mol. The molecule has 3 heteroatoms. The van der Waals surface area contributed by atoms with E-state index < -0.39 is 0 Å². The molecule has 0 aromatic heterocycles. The van der Waals surface area contributed by atoms with Crippen LogP contribution >= 0.6 is 11.6 Å². The van der Waals surface area contributed by atoms with E-state index in [2.05, 4.69) is 54.3 Å². The fraction of sp³-hybridized carbons (Fsp3) is 0.368. The van der Waals surface area contributed by atoms with Crippen LogP contribution in [0.3, 0.4) is 0 Å². The minimum atomic E-state index is 0.0914. The summed E-state index contributed by atoms with van der Waals surface area (Å²) < 4.78 is 0. The fourth-order valence-electron chi connectivity index (χ4n) is 3.63. The van der Waals surface area contributed by atoms with E-state index in [1.54, 1.807) is 0 Å². The lowest BCUT2D eigenvalue weighted by Crippen LogP contribution is -2.35. The van der Waals surface area contributed by atoms with Crippen LogP contribution < -0.4 is 5.73 Å². The van der Waals surface area contributed by atoms with Gasteiger partial charge in [-0.25, -0.2) is 0 Å². The third-order valence-electron chi connectivity index (χ3n) is 4.97. The molecule has 0 aliphatic carbocycles. The van der Waals surface area contributed by atoms with Crippen LogP contribution in [0.25, 0.3) is 0 Å². The quantitative estimate of drug-likeness (QED) is 0.932. The Labute approximate surface area is 137 Å². The molecule has 3 rings (SSSR count). The second-order valence-electron chi connectivity index (χ2n) is 6.51. The summed E-state index contributed by atoms with van der Waals surface area (Å²) in [7, 11) is 0. The van der Waals surface area contributed by atoms with E-state index in [9.17, 15) is 0 Å². The highest BCUT2D eigenvalue weighted by Crippen LogP contribution is 2.39. The number of benzene rings is 2. The van der Waals surface area contributed by atoms with Gasteiger partial charge in [-0.1, -0.05) is 61.0 Å². The van der Waals surface area contributed by atoms with Crippen molar-refractivity contribution in [3.05, 3.63) is 70.7 Å². The summed E-state index contributed by atoms with van der Waals surface area (Å²) in [4.78, 5) is 2.52. The maximum Gasteiger partial charge on any atom is 0.0406 e. The Balaban J connectivity index is 1.81. The molecule has 0 unspecified atom stereocenters. The molecular formula is C19H23ClN2. The van der Waals surface area contributed by atoms with Gasteiger partial charge in [0.05, 0.1) is 0 Å². The van der Waals surface area contributed by atoms with Crippen molar-refractivity contribution in [3.8, 4) is 0 Å². The van der Waals surface area contributed by atoms with E-state index in [1.807, 2.05) is 12.1 Å². The van der Waals surface area contributed by atoms with E-state index >= 15 is 0 Å². The molecule has 1 fully saturated rings. The van der Waals surface area contributed by atoms with E-state index in [0.29, 0.717) is 12.5 Å². The number of halogens is 1. The summed E-state index contributed by atoms with van der Waals surface area (Å²) in [5.41, 5.74) is 8.87. The van der Waals surface area contributed by atoms with Gasteiger partial charge in [-0.2, -0.15) is 0 Å². The van der Waals surface area contributed by atoms with Crippen molar-refractivity contribution in [2.75, 3.05) is 19.6 Å². The molecule has 2 nitrogen and oxygen atoms in total. The average Bonchev–Trinajstić information content (AvgIpc) is 2.85. The van der Waals surface area contributed by atoms with Gasteiger partial charge < -0.3 is 5.73 Å². The Morgan fingerprint density at radius 3 is 2.45 bits per heavy atom. The zero-order valence-corrected chi connectivity index (χ0v) is 13.8. The second-order valence-corrected chi connectivity index (χ2v) is 6.95. The van der Waals surface area contributed by atoms with Crippen molar-refractivity contribution >= 4 is 11.6 Å². The monoisotopic (exact) mass is 314 g/mol. The molecule has 22 heavy (non-hydrogen) atoms. The first-order valence-corrected chi connectivity index (χ1v) is 8.22. The number of rotatable bonds is 4. The van der Waals surface area contributed by atoms with Crippen LogP contribution in [0.15, 0.2) is 54.6 Å². The van der Waals surface area contributed by atoms with Crippen LogP contribution in [0.1, 0.15) is 18.1 Å². The zero-order chi connectivity index (χ0) is 15.6. The van der Waals surface area contributed by atoms with Crippen molar-refractivity contribution in [2.45, 2.75) is 18.9 Å². The Bertz CT molecular complexity index is 611. The minimum Gasteiger partial charge on any atom is -0.330 e. The van der Waals surface area contributed by atoms with E-state index in [0.717, 1.165) is 24.7 Å². The van der Waals surface area contributed by atoms with Gasteiger partial charge in [-0.15, -0.1) is 0 Å². The van der Waals surface area contributed by atoms with Crippen LogP contribution in [0.5, 0.6) is 0 Å². The summed E-state index contributed by atoms with van der Waals surface area (Å²) in [6.45, 7) is 6.11. The van der Waals surface area contributed by atoms with Crippen molar-refractivity contribution < 1.29 is 0 Å². The molecule has 0 saturated carbocycles. The molecule has 1 aliphatic rings. The van der Waals surface area contributed by atoms with Crippen molar-refractivity contribution in [1.29, 1.82) is 0 Å². The largest absolute Gasteiger partial charge is 0.330 e. The van der Waals surface area contributed by atoms with E-state index in [4.69, 9.17) is 17.3 Å². The first-order valence-electron chi connectivity index (χ1n) is 7.84.